The van der Waals surface area contributed by atoms with Gasteiger partial charge in [-0.3, -0.25) is 19.4 Å². The molecule has 0 fully saturated rings. The molecule has 0 amide bonds. The minimum atomic E-state index is -4.61. The maximum Gasteiger partial charge on any atom is 0.416 e. The highest BCUT2D eigenvalue weighted by molar-refractivity contribution is 7.98. The van der Waals surface area contributed by atoms with Crippen molar-refractivity contribution in [2.45, 2.75) is 22.0 Å². The minimum Gasteiger partial charge on any atom is -0.280 e. The van der Waals surface area contributed by atoms with Crippen LogP contribution in [0.3, 0.4) is 0 Å². The van der Waals surface area contributed by atoms with Gasteiger partial charge in [-0.05, 0) is 60.2 Å². The van der Waals surface area contributed by atoms with E-state index in [4.69, 9.17) is 11.6 Å². The minimum absolute atomic E-state index is 0.0800. The second kappa shape index (κ2) is 12.1. The summed E-state index contributed by atoms with van der Waals surface area (Å²) < 4.78 is 71.0. The molecule has 0 aliphatic heterocycles. The van der Waals surface area contributed by atoms with Crippen LogP contribution in [0.4, 0.5) is 24.5 Å². The van der Waals surface area contributed by atoms with Crippen LogP contribution in [-0.2, 0) is 22.0 Å². The van der Waals surface area contributed by atoms with E-state index in [1.807, 2.05) is 0 Å². The third kappa shape index (κ3) is 6.98. The number of nitro groups is 1. The Morgan fingerprint density at radius 3 is 2.30 bits per heavy atom. The number of hydrogen-bond acceptors (Lipinski definition) is 7. The predicted molar refractivity (Wildman–Crippen MR) is 157 cm³/mol. The molecule has 5 aromatic rings. The summed E-state index contributed by atoms with van der Waals surface area (Å²) in [7, 11) is -4.06. The second-order valence-electron chi connectivity index (χ2n) is 9.04. The van der Waals surface area contributed by atoms with Crippen molar-refractivity contribution in [1.82, 2.24) is 14.8 Å². The molecule has 4 aromatic carbocycles. The maximum absolute atomic E-state index is 13.6. The standard InChI is InChI=1S/C28H19ClF3N5O4S2/c29-21-9-11-22(12-10-21)35-43(40,41)25-6-1-3-19(15-25)26-33-34-27(42-17-18-7-13-23(14-8-18)37(38)39)36(26)24-5-2-4-20(16-24)28(30,31)32/h1-16,35H,17H2. The van der Waals surface area contributed by atoms with Crippen molar-refractivity contribution in [3.05, 3.63) is 123 Å². The fraction of sp³-hybridized carbons (Fsp3) is 0.0714. The van der Waals surface area contributed by atoms with Gasteiger partial charge in [-0.2, -0.15) is 13.2 Å². The number of sulfonamides is 1. The zero-order valence-electron chi connectivity index (χ0n) is 21.7. The summed E-state index contributed by atoms with van der Waals surface area (Å²) in [5.41, 5.74) is 0.409. The number of anilines is 1. The van der Waals surface area contributed by atoms with E-state index in [-0.39, 0.29) is 44.3 Å². The second-order valence-corrected chi connectivity index (χ2v) is 12.1. The van der Waals surface area contributed by atoms with E-state index in [9.17, 15) is 31.7 Å². The number of non-ortho nitro benzene ring substituents is 1. The first-order valence-corrected chi connectivity index (χ1v) is 15.1. The summed E-state index contributed by atoms with van der Waals surface area (Å²) in [6.07, 6.45) is -4.61. The Morgan fingerprint density at radius 1 is 0.930 bits per heavy atom. The van der Waals surface area contributed by atoms with Crippen molar-refractivity contribution in [3.8, 4) is 17.1 Å². The highest BCUT2D eigenvalue weighted by Crippen LogP contribution is 2.35. The average Bonchev–Trinajstić information content (AvgIpc) is 3.41. The van der Waals surface area contributed by atoms with Crippen LogP contribution in [0.1, 0.15) is 11.1 Å². The Morgan fingerprint density at radius 2 is 1.63 bits per heavy atom. The first-order valence-electron chi connectivity index (χ1n) is 12.3. The van der Waals surface area contributed by atoms with Crippen LogP contribution in [0, 0.1) is 10.1 Å². The molecule has 1 aromatic heterocycles. The first kappa shape index (κ1) is 30.1. The first-order chi connectivity index (χ1) is 20.4. The van der Waals surface area contributed by atoms with Gasteiger partial charge >= 0.3 is 6.18 Å². The number of alkyl halides is 3. The number of halogens is 4. The predicted octanol–water partition coefficient (Wildman–Crippen LogP) is 7.61. The van der Waals surface area contributed by atoms with Crippen molar-refractivity contribution in [2.24, 2.45) is 0 Å². The molecule has 9 nitrogen and oxygen atoms in total. The molecule has 0 aliphatic carbocycles. The third-order valence-electron chi connectivity index (χ3n) is 6.08. The molecular weight excluding hydrogens is 627 g/mol. The Bertz CT molecular complexity index is 1900. The number of hydrogen-bond donors (Lipinski definition) is 1. The van der Waals surface area contributed by atoms with Crippen LogP contribution in [0.2, 0.25) is 5.02 Å². The van der Waals surface area contributed by atoms with Gasteiger partial charge in [0, 0.05) is 34.2 Å². The van der Waals surface area contributed by atoms with Gasteiger partial charge in [-0.1, -0.05) is 53.7 Å². The summed E-state index contributed by atoms with van der Waals surface area (Å²) in [5, 5.41) is 20.0. The van der Waals surface area contributed by atoms with Crippen molar-refractivity contribution in [1.29, 1.82) is 0 Å². The Hall–Kier alpha value is -4.40. The molecule has 1 N–H and O–H groups in total. The van der Waals surface area contributed by atoms with Gasteiger partial charge in [0.25, 0.3) is 15.7 Å². The number of aromatic nitrogens is 3. The van der Waals surface area contributed by atoms with Crippen LogP contribution in [0.15, 0.2) is 107 Å². The summed E-state index contributed by atoms with van der Waals surface area (Å²) in [6.45, 7) is 0. The molecule has 0 radical (unpaired) electrons. The van der Waals surface area contributed by atoms with Crippen LogP contribution < -0.4 is 4.72 Å². The van der Waals surface area contributed by atoms with Gasteiger partial charge in [0.15, 0.2) is 11.0 Å². The maximum atomic E-state index is 13.6. The molecule has 220 valence electrons. The number of nitrogens with zero attached hydrogens (tertiary/aromatic N) is 4. The van der Waals surface area contributed by atoms with Crippen LogP contribution >= 0.6 is 23.4 Å². The fourth-order valence-electron chi connectivity index (χ4n) is 4.00. The van der Waals surface area contributed by atoms with Crippen molar-refractivity contribution in [3.63, 3.8) is 0 Å². The molecular formula is C28H19ClF3N5O4S2. The summed E-state index contributed by atoms with van der Waals surface area (Å²) in [5.74, 6) is 0.378. The third-order valence-corrected chi connectivity index (χ3v) is 8.71. The molecule has 0 spiro atoms. The highest BCUT2D eigenvalue weighted by atomic mass is 35.5. The molecule has 0 saturated heterocycles. The molecule has 0 aliphatic rings. The van der Waals surface area contributed by atoms with E-state index >= 15 is 0 Å². The lowest BCUT2D eigenvalue weighted by Gasteiger charge is -2.14. The lowest BCUT2D eigenvalue weighted by Crippen LogP contribution is -2.13. The number of rotatable bonds is 9. The normalized spacial score (nSPS) is 11.8. The number of thioether (sulfide) groups is 1. The zero-order chi connectivity index (χ0) is 30.8. The Balaban J connectivity index is 1.54. The zero-order valence-corrected chi connectivity index (χ0v) is 24.1. The number of nitro benzene ring substituents is 1. The fourth-order valence-corrected chi connectivity index (χ4v) is 6.14. The summed E-state index contributed by atoms with van der Waals surface area (Å²) >= 11 is 7.03. The summed E-state index contributed by atoms with van der Waals surface area (Å²) in [6, 6.07) is 22.3. The van der Waals surface area contributed by atoms with Gasteiger partial charge in [0.1, 0.15) is 0 Å². The van der Waals surface area contributed by atoms with Gasteiger partial charge in [-0.15, -0.1) is 10.2 Å². The smallest absolute Gasteiger partial charge is 0.280 e. The SMILES string of the molecule is O=[N+]([O-])c1ccc(CSc2nnc(-c3cccc(S(=O)(=O)Nc4ccc(Cl)cc4)c3)n2-c2cccc(C(F)(F)F)c2)cc1. The van der Waals surface area contributed by atoms with Gasteiger partial charge < -0.3 is 0 Å². The van der Waals surface area contributed by atoms with E-state index in [0.29, 0.717) is 10.6 Å². The van der Waals surface area contributed by atoms with Crippen LogP contribution in [0.25, 0.3) is 17.1 Å². The molecule has 0 bridgehead atoms. The molecule has 5 rings (SSSR count). The summed E-state index contributed by atoms with van der Waals surface area (Å²) in [4.78, 5) is 10.3. The van der Waals surface area contributed by atoms with E-state index in [2.05, 4.69) is 14.9 Å². The monoisotopic (exact) mass is 645 g/mol. The van der Waals surface area contributed by atoms with Crippen LogP contribution in [0.5, 0.6) is 0 Å². The topological polar surface area (TPSA) is 120 Å². The lowest BCUT2D eigenvalue weighted by molar-refractivity contribution is -0.384. The average molecular weight is 646 g/mol. The highest BCUT2D eigenvalue weighted by Gasteiger charge is 2.31. The van der Waals surface area contributed by atoms with Gasteiger partial charge in [0.05, 0.1) is 21.1 Å². The van der Waals surface area contributed by atoms with Crippen molar-refractivity contribution < 1.29 is 26.5 Å². The molecule has 0 unspecified atom stereocenters. The van der Waals surface area contributed by atoms with E-state index in [1.165, 1.54) is 71.3 Å². The molecule has 1 heterocycles. The van der Waals surface area contributed by atoms with E-state index in [0.717, 1.165) is 23.9 Å². The van der Waals surface area contributed by atoms with Crippen molar-refractivity contribution >= 4 is 44.8 Å². The Labute approximate surface area is 252 Å². The lowest BCUT2D eigenvalue weighted by atomic mass is 10.1. The molecule has 43 heavy (non-hydrogen) atoms. The molecule has 0 atom stereocenters. The van der Waals surface area contributed by atoms with E-state index < -0.39 is 26.7 Å². The van der Waals surface area contributed by atoms with Gasteiger partial charge in [-0.25, -0.2) is 8.42 Å². The van der Waals surface area contributed by atoms with Crippen LogP contribution in [-0.4, -0.2) is 28.1 Å². The largest absolute Gasteiger partial charge is 0.416 e. The van der Waals surface area contributed by atoms with Gasteiger partial charge in [0.2, 0.25) is 0 Å². The molecule has 0 saturated carbocycles. The Kier molecular flexibility index (Phi) is 8.44. The quantitative estimate of drug-likeness (QED) is 0.0995. The van der Waals surface area contributed by atoms with E-state index in [1.54, 1.807) is 18.2 Å². The van der Waals surface area contributed by atoms with Crippen molar-refractivity contribution in [2.75, 3.05) is 4.72 Å². The number of benzene rings is 4. The molecule has 15 heteroatoms. The number of nitrogens with one attached hydrogen (secondary N) is 1.